The fourth-order valence-corrected chi connectivity index (χ4v) is 6.22. The second-order valence-corrected chi connectivity index (χ2v) is 10.4. The lowest BCUT2D eigenvalue weighted by Gasteiger charge is -2.38. The maximum absolute atomic E-state index is 13.1. The van der Waals surface area contributed by atoms with Crippen LogP contribution < -0.4 is 5.32 Å². The number of thiophene rings is 1. The Kier molecular flexibility index (Phi) is 6.17. The summed E-state index contributed by atoms with van der Waals surface area (Å²) >= 11 is 1.78. The quantitative estimate of drug-likeness (QED) is 0.742. The predicted octanol–water partition coefficient (Wildman–Crippen LogP) is 3.21. The Morgan fingerprint density at radius 2 is 2.00 bits per heavy atom. The molecule has 0 aromatic carbocycles. The highest BCUT2D eigenvalue weighted by Gasteiger charge is 2.33. The number of nitrogens with zero attached hydrogens (tertiary/aromatic N) is 4. The molecule has 1 saturated heterocycles. The number of aryl methyl sites for hydroxylation is 1. The largest absolute Gasteiger partial charge is 0.353 e. The number of aromatic amines is 1. The Bertz CT molecular complexity index is 963. The summed E-state index contributed by atoms with van der Waals surface area (Å²) in [7, 11) is 0. The molecule has 2 aromatic heterocycles. The zero-order chi connectivity index (χ0) is 22.1. The summed E-state index contributed by atoms with van der Waals surface area (Å²) in [5.74, 6) is 2.14. The van der Waals surface area contributed by atoms with Crippen LogP contribution >= 0.6 is 11.3 Å². The fraction of sp³-hybridized carbons (Fsp3) is 0.652. The monoisotopic (exact) mass is 456 g/mol. The molecule has 2 aliphatic heterocycles. The van der Waals surface area contributed by atoms with E-state index in [1.54, 1.807) is 11.3 Å². The van der Waals surface area contributed by atoms with Gasteiger partial charge in [0.2, 0.25) is 5.91 Å². The molecule has 3 amide bonds. The Balaban J connectivity index is 1.11. The highest BCUT2D eigenvalue weighted by molar-refractivity contribution is 7.10. The highest BCUT2D eigenvalue weighted by atomic mass is 32.1. The summed E-state index contributed by atoms with van der Waals surface area (Å²) in [5, 5.41) is 12.6. The van der Waals surface area contributed by atoms with Crippen molar-refractivity contribution in [3.05, 3.63) is 33.5 Å². The maximum atomic E-state index is 13.1. The van der Waals surface area contributed by atoms with Crippen molar-refractivity contribution in [1.82, 2.24) is 30.3 Å². The number of carbonyl (C=O) groups is 2. The van der Waals surface area contributed by atoms with E-state index in [1.807, 2.05) is 16.7 Å². The van der Waals surface area contributed by atoms with Crippen LogP contribution in [0.25, 0.3) is 0 Å². The molecule has 3 aliphatic rings. The normalized spacial score (nSPS) is 26.0. The number of urea groups is 1. The Labute approximate surface area is 192 Å². The molecule has 0 bridgehead atoms. The lowest BCUT2D eigenvalue weighted by molar-refractivity contribution is -0.127. The molecule has 4 heterocycles. The van der Waals surface area contributed by atoms with E-state index >= 15 is 0 Å². The van der Waals surface area contributed by atoms with Gasteiger partial charge < -0.3 is 15.1 Å². The second kappa shape index (κ2) is 9.21. The third kappa shape index (κ3) is 4.53. The minimum atomic E-state index is -0.109. The van der Waals surface area contributed by atoms with Crippen molar-refractivity contribution >= 4 is 23.3 Å². The molecule has 1 aliphatic carbocycles. The van der Waals surface area contributed by atoms with Crippen LogP contribution in [-0.2, 0) is 17.8 Å². The number of hydrogen-bond acceptors (Lipinski definition) is 5. The van der Waals surface area contributed by atoms with Gasteiger partial charge in [0.1, 0.15) is 5.82 Å². The Morgan fingerprint density at radius 1 is 1.16 bits per heavy atom. The topological polar surface area (TPSA) is 94.2 Å². The van der Waals surface area contributed by atoms with Crippen molar-refractivity contribution in [3.63, 3.8) is 0 Å². The predicted molar refractivity (Wildman–Crippen MR) is 122 cm³/mol. The van der Waals surface area contributed by atoms with E-state index < -0.39 is 0 Å². The highest BCUT2D eigenvalue weighted by Crippen LogP contribution is 2.31. The summed E-state index contributed by atoms with van der Waals surface area (Å²) in [6.07, 6.45) is 6.58. The molecule has 1 atom stereocenters. The van der Waals surface area contributed by atoms with Gasteiger partial charge in [-0.05, 0) is 68.9 Å². The number of amides is 3. The molecule has 1 saturated carbocycles. The summed E-state index contributed by atoms with van der Waals surface area (Å²) in [6.45, 7) is 4.66. The Morgan fingerprint density at radius 3 is 2.78 bits per heavy atom. The van der Waals surface area contributed by atoms with E-state index in [2.05, 4.69) is 31.9 Å². The van der Waals surface area contributed by atoms with Gasteiger partial charge in [0.05, 0.1) is 5.92 Å². The van der Waals surface area contributed by atoms with Gasteiger partial charge in [-0.25, -0.2) is 9.78 Å². The molecule has 1 unspecified atom stereocenters. The number of hydrogen-bond donors (Lipinski definition) is 2. The van der Waals surface area contributed by atoms with E-state index in [0.717, 1.165) is 69.7 Å². The van der Waals surface area contributed by atoms with Crippen molar-refractivity contribution in [3.8, 4) is 0 Å². The summed E-state index contributed by atoms with van der Waals surface area (Å²) < 4.78 is 0. The van der Waals surface area contributed by atoms with Gasteiger partial charge in [0, 0.05) is 43.0 Å². The van der Waals surface area contributed by atoms with E-state index in [0.29, 0.717) is 19.0 Å². The molecular formula is C23H32N6O2S. The van der Waals surface area contributed by atoms with Crippen molar-refractivity contribution in [1.29, 1.82) is 0 Å². The molecule has 5 rings (SSSR count). The van der Waals surface area contributed by atoms with Crippen LogP contribution in [0.5, 0.6) is 0 Å². The molecule has 2 N–H and O–H groups in total. The summed E-state index contributed by atoms with van der Waals surface area (Å²) in [5.41, 5.74) is 1.27. The van der Waals surface area contributed by atoms with Gasteiger partial charge in [0.25, 0.3) is 0 Å². The lowest BCUT2D eigenvalue weighted by Crippen LogP contribution is -2.52. The molecule has 0 spiro atoms. The van der Waals surface area contributed by atoms with Gasteiger partial charge in [-0.15, -0.1) is 11.3 Å². The molecule has 172 valence electrons. The minimum Gasteiger partial charge on any atom is -0.353 e. The lowest BCUT2D eigenvalue weighted by atomic mass is 9.85. The van der Waals surface area contributed by atoms with E-state index in [1.165, 1.54) is 10.4 Å². The van der Waals surface area contributed by atoms with Crippen LogP contribution in [0.15, 0.2) is 11.4 Å². The van der Waals surface area contributed by atoms with Gasteiger partial charge in [0.15, 0.2) is 5.82 Å². The molecule has 8 nitrogen and oxygen atoms in total. The zero-order valence-electron chi connectivity index (χ0n) is 18.7. The van der Waals surface area contributed by atoms with Gasteiger partial charge >= 0.3 is 6.03 Å². The number of likely N-dealkylation sites (tertiary alicyclic amines) is 1. The molecule has 32 heavy (non-hydrogen) atoms. The fourth-order valence-electron chi connectivity index (χ4n) is 5.33. The first-order chi connectivity index (χ1) is 15.6. The number of nitrogens with one attached hydrogen (secondary N) is 2. The molecule has 0 radical (unpaired) electrons. The average Bonchev–Trinajstić information content (AvgIpc) is 3.47. The zero-order valence-corrected chi connectivity index (χ0v) is 19.5. The Hall–Kier alpha value is -2.42. The van der Waals surface area contributed by atoms with Gasteiger partial charge in [-0.2, -0.15) is 5.10 Å². The number of aromatic nitrogens is 3. The van der Waals surface area contributed by atoms with E-state index in [4.69, 9.17) is 0 Å². The SMILES string of the molecule is Cc1nc(C2CCC(NC(=O)C3CCCN(C(=O)N4CCc5sccc5C4)C3)CC2)n[nH]1. The summed E-state index contributed by atoms with van der Waals surface area (Å²) in [6, 6.07) is 2.43. The number of H-pyrrole nitrogens is 1. The standard InChI is InChI=1S/C23H32N6O2S/c1-15-24-21(27-26-15)16-4-6-19(7-5-16)25-22(30)18-3-2-10-28(14-18)23(31)29-11-8-20-17(13-29)9-12-32-20/h9,12,16,18-19H,2-8,10-11,13-14H2,1H3,(H,25,30)(H,24,26,27). The maximum Gasteiger partial charge on any atom is 0.320 e. The van der Waals surface area contributed by atoms with Crippen LogP contribution in [0, 0.1) is 12.8 Å². The van der Waals surface area contributed by atoms with Gasteiger partial charge in [-0.3, -0.25) is 9.89 Å². The molecule has 2 fully saturated rings. The number of rotatable bonds is 3. The van der Waals surface area contributed by atoms with Crippen LogP contribution in [0.4, 0.5) is 4.79 Å². The summed E-state index contributed by atoms with van der Waals surface area (Å²) in [4.78, 5) is 35.8. The second-order valence-electron chi connectivity index (χ2n) is 9.44. The van der Waals surface area contributed by atoms with Crippen molar-refractivity contribution < 1.29 is 9.59 Å². The molecule has 2 aromatic rings. The van der Waals surface area contributed by atoms with Crippen molar-refractivity contribution in [2.45, 2.75) is 70.4 Å². The van der Waals surface area contributed by atoms with Crippen molar-refractivity contribution in [2.24, 2.45) is 5.92 Å². The third-order valence-corrected chi connectivity index (χ3v) is 8.22. The minimum absolute atomic E-state index is 0.0849. The van der Waals surface area contributed by atoms with Crippen LogP contribution in [0.2, 0.25) is 0 Å². The van der Waals surface area contributed by atoms with Gasteiger partial charge in [-0.1, -0.05) is 0 Å². The molecule has 9 heteroatoms. The average molecular weight is 457 g/mol. The van der Waals surface area contributed by atoms with E-state index in [9.17, 15) is 9.59 Å². The third-order valence-electron chi connectivity index (χ3n) is 7.19. The number of fused-ring (bicyclic) bond motifs is 1. The number of carbonyl (C=O) groups excluding carboxylic acids is 2. The smallest absolute Gasteiger partial charge is 0.320 e. The van der Waals surface area contributed by atoms with Crippen LogP contribution in [0.1, 0.15) is 66.5 Å². The first kappa shape index (κ1) is 21.4. The van der Waals surface area contributed by atoms with Crippen LogP contribution in [-0.4, -0.2) is 62.6 Å². The van der Waals surface area contributed by atoms with E-state index in [-0.39, 0.29) is 23.9 Å². The van der Waals surface area contributed by atoms with Crippen molar-refractivity contribution in [2.75, 3.05) is 19.6 Å². The molecular weight excluding hydrogens is 424 g/mol. The first-order valence-electron chi connectivity index (χ1n) is 11.8. The van der Waals surface area contributed by atoms with Crippen LogP contribution in [0.3, 0.4) is 0 Å². The number of piperidine rings is 1. The first-order valence-corrected chi connectivity index (χ1v) is 12.7.